The molecule has 2 N–H and O–H groups in total. The van der Waals surface area contributed by atoms with Crippen molar-refractivity contribution in [3.05, 3.63) is 54.1 Å². The second-order valence-electron chi connectivity index (χ2n) is 8.93. The Hall–Kier alpha value is -2.38. The molecule has 0 saturated heterocycles. The monoisotopic (exact) mass is 442 g/mol. The molecule has 31 heavy (non-hydrogen) atoms. The number of fused-ring (bicyclic) bond motifs is 2. The van der Waals surface area contributed by atoms with Gasteiger partial charge in [0.15, 0.2) is 6.61 Å². The van der Waals surface area contributed by atoms with E-state index in [0.29, 0.717) is 23.3 Å². The van der Waals surface area contributed by atoms with E-state index >= 15 is 0 Å². The molecule has 4 atom stereocenters. The van der Waals surface area contributed by atoms with Gasteiger partial charge in [-0.3, -0.25) is 4.79 Å². The number of carbonyl (C=O) groups is 1. The van der Waals surface area contributed by atoms with Gasteiger partial charge in [0.25, 0.3) is 5.91 Å². The first-order valence-electron chi connectivity index (χ1n) is 10.9. The lowest BCUT2D eigenvalue weighted by molar-refractivity contribution is -0.118. The summed E-state index contributed by atoms with van der Waals surface area (Å²) in [5.41, 5.74) is 1.58. The van der Waals surface area contributed by atoms with Gasteiger partial charge >= 0.3 is 0 Å². The van der Waals surface area contributed by atoms with Crippen LogP contribution < -0.4 is 14.8 Å². The number of carbonyl (C=O) groups excluding carboxylic acids is 1. The highest BCUT2D eigenvalue weighted by Crippen LogP contribution is 2.49. The Balaban J connectivity index is 1.31. The molecule has 1 amide bonds. The number of rotatable bonds is 8. The minimum atomic E-state index is -3.60. The fourth-order valence-electron chi connectivity index (χ4n) is 5.07. The van der Waals surface area contributed by atoms with Crippen molar-refractivity contribution in [1.82, 2.24) is 4.72 Å². The molecule has 0 spiro atoms. The van der Waals surface area contributed by atoms with Crippen molar-refractivity contribution in [2.75, 3.05) is 11.9 Å². The highest BCUT2D eigenvalue weighted by molar-refractivity contribution is 7.89. The van der Waals surface area contributed by atoms with Crippen LogP contribution in [0.3, 0.4) is 0 Å². The normalized spacial score (nSPS) is 23.5. The third kappa shape index (κ3) is 5.28. The number of sulfonamides is 1. The van der Waals surface area contributed by atoms with Gasteiger partial charge in [-0.25, -0.2) is 13.1 Å². The first-order valence-corrected chi connectivity index (χ1v) is 12.4. The number of hydrogen-bond acceptors (Lipinski definition) is 4. The van der Waals surface area contributed by atoms with E-state index in [9.17, 15) is 13.2 Å². The van der Waals surface area contributed by atoms with Crippen LogP contribution in [0.25, 0.3) is 0 Å². The van der Waals surface area contributed by atoms with E-state index in [0.717, 1.165) is 17.9 Å². The molecule has 0 unspecified atom stereocenters. The van der Waals surface area contributed by atoms with Crippen molar-refractivity contribution in [2.45, 2.75) is 50.5 Å². The lowest BCUT2D eigenvalue weighted by Crippen LogP contribution is -2.40. The maximum Gasteiger partial charge on any atom is 0.262 e. The summed E-state index contributed by atoms with van der Waals surface area (Å²) in [5.74, 6) is 2.19. The molecule has 4 rings (SSSR count). The van der Waals surface area contributed by atoms with Gasteiger partial charge in [-0.05, 0) is 92.8 Å². The van der Waals surface area contributed by atoms with Crippen molar-refractivity contribution < 1.29 is 17.9 Å². The zero-order valence-corrected chi connectivity index (χ0v) is 18.8. The number of amides is 1. The zero-order chi connectivity index (χ0) is 22.0. The Morgan fingerprint density at radius 1 is 1.13 bits per heavy atom. The molecule has 7 heteroatoms. The molecule has 0 heterocycles. The summed E-state index contributed by atoms with van der Waals surface area (Å²) < 4.78 is 34.0. The molecule has 2 saturated carbocycles. The number of nitrogens with one attached hydrogen (secondary N) is 2. The molecule has 2 aromatic carbocycles. The average Bonchev–Trinajstić information content (AvgIpc) is 3.36. The topological polar surface area (TPSA) is 84.5 Å². The van der Waals surface area contributed by atoms with Gasteiger partial charge in [0.2, 0.25) is 10.0 Å². The Kier molecular flexibility index (Phi) is 6.34. The van der Waals surface area contributed by atoms with Gasteiger partial charge < -0.3 is 10.1 Å². The molecule has 6 nitrogen and oxygen atoms in total. The van der Waals surface area contributed by atoms with Crippen LogP contribution in [0.4, 0.5) is 5.69 Å². The van der Waals surface area contributed by atoms with Crippen molar-refractivity contribution in [2.24, 2.45) is 17.8 Å². The van der Waals surface area contributed by atoms with Gasteiger partial charge in [-0.15, -0.1) is 0 Å². The van der Waals surface area contributed by atoms with Gasteiger partial charge in [-0.2, -0.15) is 0 Å². The van der Waals surface area contributed by atoms with Crippen molar-refractivity contribution in [3.8, 4) is 5.75 Å². The Morgan fingerprint density at radius 2 is 1.90 bits per heavy atom. The largest absolute Gasteiger partial charge is 0.484 e. The predicted molar refractivity (Wildman–Crippen MR) is 120 cm³/mol. The highest BCUT2D eigenvalue weighted by atomic mass is 32.2. The summed E-state index contributed by atoms with van der Waals surface area (Å²) in [5, 5.41) is 2.73. The average molecular weight is 443 g/mol. The lowest BCUT2D eigenvalue weighted by atomic mass is 9.84. The fourth-order valence-corrected chi connectivity index (χ4v) is 6.37. The highest BCUT2D eigenvalue weighted by Gasteiger charge is 2.42. The Morgan fingerprint density at radius 3 is 2.55 bits per heavy atom. The SMILES string of the molecule is Cc1cccc(OCC(=O)Nc2ccc(S(=O)(=O)N[C@@H](C)[C@H]3C[C@@H]4CC[C@@H]3C4)cc2)c1. The summed E-state index contributed by atoms with van der Waals surface area (Å²) in [7, 11) is -3.60. The van der Waals surface area contributed by atoms with E-state index in [1.807, 2.05) is 32.0 Å². The summed E-state index contributed by atoms with van der Waals surface area (Å²) >= 11 is 0. The Labute approximate surface area is 184 Å². The summed E-state index contributed by atoms with van der Waals surface area (Å²) in [6.45, 7) is 3.81. The first kappa shape index (κ1) is 21.8. The summed E-state index contributed by atoms with van der Waals surface area (Å²) in [6.07, 6.45) is 4.90. The second-order valence-corrected chi connectivity index (χ2v) is 10.6. The first-order chi connectivity index (χ1) is 14.8. The Bertz CT molecular complexity index is 1040. The second kappa shape index (κ2) is 9.01. The van der Waals surface area contributed by atoms with E-state index in [1.54, 1.807) is 18.2 Å². The van der Waals surface area contributed by atoms with Gasteiger partial charge in [0, 0.05) is 11.7 Å². The quantitative estimate of drug-likeness (QED) is 0.644. The van der Waals surface area contributed by atoms with Crippen LogP contribution in [0, 0.1) is 24.7 Å². The van der Waals surface area contributed by atoms with Crippen molar-refractivity contribution in [3.63, 3.8) is 0 Å². The number of anilines is 1. The molecule has 2 aromatic rings. The van der Waals surface area contributed by atoms with Crippen LogP contribution in [0.1, 0.15) is 38.2 Å². The van der Waals surface area contributed by atoms with Crippen LogP contribution in [-0.2, 0) is 14.8 Å². The summed E-state index contributed by atoms with van der Waals surface area (Å²) in [6, 6.07) is 13.6. The molecule has 0 radical (unpaired) electrons. The van der Waals surface area contributed by atoms with Crippen LogP contribution in [0.5, 0.6) is 5.75 Å². The summed E-state index contributed by atoms with van der Waals surface area (Å²) in [4.78, 5) is 12.3. The van der Waals surface area contributed by atoms with Crippen LogP contribution in [0.2, 0.25) is 0 Å². The minimum Gasteiger partial charge on any atom is -0.484 e. The van der Waals surface area contributed by atoms with Gasteiger partial charge in [-0.1, -0.05) is 18.6 Å². The van der Waals surface area contributed by atoms with Gasteiger partial charge in [0.05, 0.1) is 4.90 Å². The fraction of sp³-hybridized carbons (Fsp3) is 0.458. The van der Waals surface area contributed by atoms with Crippen LogP contribution in [-0.4, -0.2) is 27.0 Å². The standard InChI is InChI=1S/C24H30N2O4S/c1-16-4-3-5-21(12-16)30-15-24(27)25-20-8-10-22(11-9-20)31(28,29)26-17(2)23-14-18-6-7-19(23)13-18/h3-5,8-12,17-19,23,26H,6-7,13-15H2,1-2H3,(H,25,27)/t17-,18+,19+,23+/m0/s1. The smallest absolute Gasteiger partial charge is 0.262 e. The maximum absolute atomic E-state index is 12.8. The lowest BCUT2D eigenvalue weighted by Gasteiger charge is -2.28. The van der Waals surface area contributed by atoms with Crippen LogP contribution >= 0.6 is 0 Å². The molecule has 0 aliphatic heterocycles. The number of aryl methyl sites for hydroxylation is 1. The predicted octanol–water partition coefficient (Wildman–Crippen LogP) is 4.12. The molecular formula is C24H30N2O4S. The molecule has 0 aromatic heterocycles. The van der Waals surface area contributed by atoms with Crippen molar-refractivity contribution in [1.29, 1.82) is 0 Å². The molecule has 2 fully saturated rings. The molecular weight excluding hydrogens is 412 g/mol. The van der Waals surface area contributed by atoms with Crippen molar-refractivity contribution >= 4 is 21.6 Å². The number of hydrogen-bond donors (Lipinski definition) is 2. The van der Waals surface area contributed by atoms with E-state index in [-0.39, 0.29) is 23.5 Å². The van der Waals surface area contributed by atoms with E-state index in [1.165, 1.54) is 31.4 Å². The molecule has 166 valence electrons. The zero-order valence-electron chi connectivity index (χ0n) is 18.0. The van der Waals surface area contributed by atoms with E-state index < -0.39 is 10.0 Å². The van der Waals surface area contributed by atoms with E-state index in [4.69, 9.17) is 4.74 Å². The molecule has 2 aliphatic carbocycles. The maximum atomic E-state index is 12.8. The number of benzene rings is 2. The molecule has 2 aliphatic rings. The third-order valence-electron chi connectivity index (χ3n) is 6.58. The van der Waals surface area contributed by atoms with Gasteiger partial charge in [0.1, 0.15) is 5.75 Å². The minimum absolute atomic E-state index is 0.0709. The third-order valence-corrected chi connectivity index (χ3v) is 8.16. The van der Waals surface area contributed by atoms with Crippen LogP contribution in [0.15, 0.2) is 53.4 Å². The molecule has 2 bridgehead atoms. The van der Waals surface area contributed by atoms with E-state index in [2.05, 4.69) is 10.0 Å². The number of ether oxygens (including phenoxy) is 1.